The number of esters is 1. The van der Waals surface area contributed by atoms with Crippen molar-refractivity contribution in [2.75, 3.05) is 7.11 Å². The maximum atomic E-state index is 12.1. The van der Waals surface area contributed by atoms with Crippen molar-refractivity contribution in [1.29, 1.82) is 0 Å². The van der Waals surface area contributed by atoms with Gasteiger partial charge < -0.3 is 10.1 Å². The summed E-state index contributed by atoms with van der Waals surface area (Å²) in [7, 11) is 1.38. The number of carbonyl (C=O) groups excluding carboxylic acids is 2. The van der Waals surface area contributed by atoms with E-state index in [9.17, 15) is 9.59 Å². The Balaban J connectivity index is 2.05. The number of amides is 1. The van der Waals surface area contributed by atoms with E-state index in [4.69, 9.17) is 4.74 Å². The number of aromatic nitrogens is 2. The van der Waals surface area contributed by atoms with Crippen molar-refractivity contribution in [3.8, 4) is 0 Å². The first-order chi connectivity index (χ1) is 9.13. The van der Waals surface area contributed by atoms with Crippen LogP contribution in [-0.4, -0.2) is 35.2 Å². The van der Waals surface area contributed by atoms with Crippen molar-refractivity contribution >= 4 is 11.9 Å². The van der Waals surface area contributed by atoms with Gasteiger partial charge in [-0.25, -0.2) is 0 Å². The van der Waals surface area contributed by atoms with Crippen molar-refractivity contribution in [3.63, 3.8) is 0 Å². The number of hydrogen-bond donors (Lipinski definition) is 2. The molecular weight excluding hydrogens is 246 g/mol. The predicted octanol–water partition coefficient (Wildman–Crippen LogP) is 1.18. The summed E-state index contributed by atoms with van der Waals surface area (Å²) in [5.41, 5.74) is 1.25. The zero-order valence-corrected chi connectivity index (χ0v) is 11.2. The summed E-state index contributed by atoms with van der Waals surface area (Å²) in [5, 5.41) is 9.49. The van der Waals surface area contributed by atoms with Gasteiger partial charge in [0.1, 0.15) is 0 Å². The van der Waals surface area contributed by atoms with Crippen LogP contribution in [0.3, 0.4) is 0 Å². The summed E-state index contributed by atoms with van der Waals surface area (Å²) >= 11 is 0. The van der Waals surface area contributed by atoms with E-state index in [0.717, 1.165) is 31.4 Å². The molecule has 0 saturated heterocycles. The highest BCUT2D eigenvalue weighted by Gasteiger charge is 2.33. The van der Waals surface area contributed by atoms with Crippen LogP contribution in [0.5, 0.6) is 0 Å². The summed E-state index contributed by atoms with van der Waals surface area (Å²) in [4.78, 5) is 23.8. The van der Waals surface area contributed by atoms with Gasteiger partial charge >= 0.3 is 5.97 Å². The second-order valence-electron chi connectivity index (χ2n) is 4.90. The molecule has 19 heavy (non-hydrogen) atoms. The van der Waals surface area contributed by atoms with E-state index in [-0.39, 0.29) is 23.8 Å². The monoisotopic (exact) mass is 265 g/mol. The molecule has 1 heterocycles. The lowest BCUT2D eigenvalue weighted by atomic mass is 9.84. The van der Waals surface area contributed by atoms with Gasteiger partial charge in [-0.3, -0.25) is 14.7 Å². The molecule has 0 aliphatic heterocycles. The van der Waals surface area contributed by atoms with Crippen LogP contribution in [0.15, 0.2) is 6.20 Å². The Morgan fingerprint density at radius 1 is 1.42 bits per heavy atom. The Labute approximate surface area is 111 Å². The lowest BCUT2D eigenvalue weighted by Crippen LogP contribution is -2.45. The van der Waals surface area contributed by atoms with Crippen LogP contribution in [0.1, 0.15) is 41.7 Å². The third kappa shape index (κ3) is 2.94. The number of nitrogens with one attached hydrogen (secondary N) is 2. The first-order valence-electron chi connectivity index (χ1n) is 6.52. The highest BCUT2D eigenvalue weighted by Crippen LogP contribution is 2.25. The molecular formula is C13H19N3O3. The molecule has 6 nitrogen and oxygen atoms in total. The quantitative estimate of drug-likeness (QED) is 0.804. The molecule has 0 spiro atoms. The summed E-state index contributed by atoms with van der Waals surface area (Å²) in [6.45, 7) is 1.79. The normalized spacial score (nSPS) is 22.8. The van der Waals surface area contributed by atoms with Crippen molar-refractivity contribution in [2.24, 2.45) is 5.92 Å². The number of aryl methyl sites for hydroxylation is 1. The fraction of sp³-hybridized carbons (Fsp3) is 0.615. The number of aromatic amines is 1. The second kappa shape index (κ2) is 5.86. The van der Waals surface area contributed by atoms with Crippen LogP contribution in [0, 0.1) is 12.8 Å². The second-order valence-corrected chi connectivity index (χ2v) is 4.90. The maximum Gasteiger partial charge on any atom is 0.310 e. The first kappa shape index (κ1) is 13.6. The molecule has 1 amide bonds. The van der Waals surface area contributed by atoms with E-state index in [2.05, 4.69) is 15.5 Å². The molecule has 0 bridgehead atoms. The number of ether oxygens (including phenoxy) is 1. The van der Waals surface area contributed by atoms with E-state index in [1.165, 1.54) is 13.3 Å². The maximum absolute atomic E-state index is 12.1. The number of rotatable bonds is 3. The van der Waals surface area contributed by atoms with E-state index in [1.54, 1.807) is 6.92 Å². The zero-order chi connectivity index (χ0) is 13.8. The lowest BCUT2D eigenvalue weighted by molar-refractivity contribution is -0.147. The number of carbonyl (C=O) groups is 2. The minimum Gasteiger partial charge on any atom is -0.469 e. The van der Waals surface area contributed by atoms with Crippen LogP contribution in [0.4, 0.5) is 0 Å². The summed E-state index contributed by atoms with van der Waals surface area (Å²) in [5.74, 6) is -0.670. The van der Waals surface area contributed by atoms with Gasteiger partial charge in [0.05, 0.1) is 24.8 Å². The van der Waals surface area contributed by atoms with E-state index in [1.807, 2.05) is 0 Å². The van der Waals surface area contributed by atoms with E-state index >= 15 is 0 Å². The van der Waals surface area contributed by atoms with Gasteiger partial charge in [-0.1, -0.05) is 12.8 Å². The number of H-pyrrole nitrogens is 1. The summed E-state index contributed by atoms with van der Waals surface area (Å²) in [6, 6.07) is -0.150. The SMILES string of the molecule is COC(=O)C1CCCCC1NC(=O)c1cn[nH]c1C. The van der Waals surface area contributed by atoms with Gasteiger partial charge in [-0.2, -0.15) is 5.10 Å². The van der Waals surface area contributed by atoms with Crippen molar-refractivity contribution in [3.05, 3.63) is 17.5 Å². The van der Waals surface area contributed by atoms with Gasteiger partial charge in [0.15, 0.2) is 0 Å². The highest BCUT2D eigenvalue weighted by molar-refractivity contribution is 5.95. The molecule has 1 aliphatic carbocycles. The molecule has 2 N–H and O–H groups in total. The third-order valence-corrected chi connectivity index (χ3v) is 3.66. The first-order valence-corrected chi connectivity index (χ1v) is 6.52. The zero-order valence-electron chi connectivity index (χ0n) is 11.2. The minimum absolute atomic E-state index is 0.150. The van der Waals surface area contributed by atoms with Crippen molar-refractivity contribution < 1.29 is 14.3 Å². The molecule has 1 fully saturated rings. The number of hydrogen-bond acceptors (Lipinski definition) is 4. The van der Waals surface area contributed by atoms with Crippen LogP contribution in [0.2, 0.25) is 0 Å². The molecule has 2 atom stereocenters. The topological polar surface area (TPSA) is 84.1 Å². The highest BCUT2D eigenvalue weighted by atomic mass is 16.5. The van der Waals surface area contributed by atoms with Crippen molar-refractivity contribution in [1.82, 2.24) is 15.5 Å². The van der Waals surface area contributed by atoms with Gasteiger partial charge in [-0.05, 0) is 19.8 Å². The Morgan fingerprint density at radius 3 is 2.79 bits per heavy atom. The Bertz CT molecular complexity index is 469. The van der Waals surface area contributed by atoms with Crippen molar-refractivity contribution in [2.45, 2.75) is 38.6 Å². The lowest BCUT2D eigenvalue weighted by Gasteiger charge is -2.30. The number of methoxy groups -OCH3 is 1. The molecule has 0 aromatic carbocycles. The summed E-state index contributed by atoms with van der Waals surface area (Å²) in [6.07, 6.45) is 5.09. The van der Waals surface area contributed by atoms with Gasteiger partial charge in [-0.15, -0.1) is 0 Å². The molecule has 2 rings (SSSR count). The van der Waals surface area contributed by atoms with Crippen LogP contribution < -0.4 is 5.32 Å². The molecule has 1 aromatic rings. The molecule has 1 aliphatic rings. The third-order valence-electron chi connectivity index (χ3n) is 3.66. The van der Waals surface area contributed by atoms with Crippen LogP contribution in [0.25, 0.3) is 0 Å². The molecule has 1 aromatic heterocycles. The Hall–Kier alpha value is -1.85. The van der Waals surface area contributed by atoms with Crippen LogP contribution in [-0.2, 0) is 9.53 Å². The molecule has 1 saturated carbocycles. The van der Waals surface area contributed by atoms with E-state index in [0.29, 0.717) is 5.56 Å². The minimum atomic E-state index is -0.242. The number of nitrogens with zero attached hydrogens (tertiary/aromatic N) is 1. The average Bonchev–Trinajstić information content (AvgIpc) is 2.85. The van der Waals surface area contributed by atoms with Crippen LogP contribution >= 0.6 is 0 Å². The van der Waals surface area contributed by atoms with Gasteiger partial charge in [0.25, 0.3) is 5.91 Å². The fourth-order valence-corrected chi connectivity index (χ4v) is 2.56. The van der Waals surface area contributed by atoms with Gasteiger partial charge in [0, 0.05) is 11.7 Å². The Kier molecular flexibility index (Phi) is 4.19. The molecule has 104 valence electrons. The molecule has 6 heteroatoms. The Morgan fingerprint density at radius 2 is 2.16 bits per heavy atom. The predicted molar refractivity (Wildman–Crippen MR) is 68.6 cm³/mol. The van der Waals surface area contributed by atoms with Gasteiger partial charge in [0.2, 0.25) is 0 Å². The van der Waals surface area contributed by atoms with E-state index < -0.39 is 0 Å². The fourth-order valence-electron chi connectivity index (χ4n) is 2.56. The average molecular weight is 265 g/mol. The molecule has 0 radical (unpaired) electrons. The smallest absolute Gasteiger partial charge is 0.310 e. The molecule has 2 unspecified atom stereocenters. The largest absolute Gasteiger partial charge is 0.469 e. The summed E-state index contributed by atoms with van der Waals surface area (Å²) < 4.78 is 4.81. The standard InChI is InChI=1S/C13H19N3O3/c1-8-10(7-14-16-8)12(17)15-11-6-4-3-5-9(11)13(18)19-2/h7,9,11H,3-6H2,1-2H3,(H,14,16)(H,15,17).